The molecule has 2 heterocycles. The summed E-state index contributed by atoms with van der Waals surface area (Å²) in [6.45, 7) is 2.63. The Bertz CT molecular complexity index is 1490. The van der Waals surface area contributed by atoms with Crippen molar-refractivity contribution in [3.8, 4) is 11.5 Å². The molecule has 4 aromatic rings. The number of carbonyl (C=O) groups excluding carboxylic acids is 1. The van der Waals surface area contributed by atoms with Gasteiger partial charge in [-0.05, 0) is 43.3 Å². The summed E-state index contributed by atoms with van der Waals surface area (Å²) in [6.07, 6.45) is 1.07. The molecule has 33 heavy (non-hydrogen) atoms. The fraction of sp³-hybridized carbons (Fsp3) is 0.208. The number of aromatic nitrogens is 1. The summed E-state index contributed by atoms with van der Waals surface area (Å²) < 4.78 is 38.8. The fourth-order valence-electron chi connectivity index (χ4n) is 4.24. The first-order valence-corrected chi connectivity index (χ1v) is 12.4. The van der Waals surface area contributed by atoms with Crippen molar-refractivity contribution in [1.82, 2.24) is 4.57 Å². The normalized spacial score (nSPS) is 12.9. The third kappa shape index (κ3) is 3.84. The molecule has 0 radical (unpaired) electrons. The molecular formula is C24H23N3O5S. The van der Waals surface area contributed by atoms with E-state index in [-0.39, 0.29) is 13.3 Å². The van der Waals surface area contributed by atoms with Crippen molar-refractivity contribution in [1.29, 1.82) is 0 Å². The van der Waals surface area contributed by atoms with Crippen LogP contribution >= 0.6 is 0 Å². The van der Waals surface area contributed by atoms with Crippen LogP contribution in [0.3, 0.4) is 0 Å². The Balaban J connectivity index is 1.43. The maximum absolute atomic E-state index is 12.9. The molecule has 1 aliphatic rings. The first-order valence-electron chi connectivity index (χ1n) is 10.5. The van der Waals surface area contributed by atoms with Crippen LogP contribution in [0, 0.1) is 0 Å². The maximum Gasteiger partial charge on any atom is 0.245 e. The van der Waals surface area contributed by atoms with Gasteiger partial charge in [0.25, 0.3) is 0 Å². The number of para-hydroxylation sites is 1. The van der Waals surface area contributed by atoms with Crippen molar-refractivity contribution in [2.24, 2.45) is 0 Å². The SMILES string of the molecule is CCn1c2ccccc2c2cc(NC(=O)CN(c3ccc4c(c3)OCO4)S(C)(=O)=O)ccc21. The van der Waals surface area contributed by atoms with Gasteiger partial charge in [-0.15, -0.1) is 0 Å². The van der Waals surface area contributed by atoms with E-state index in [1.807, 2.05) is 30.3 Å². The minimum atomic E-state index is -3.71. The molecule has 0 bridgehead atoms. The van der Waals surface area contributed by atoms with Crippen LogP contribution < -0.4 is 19.1 Å². The number of rotatable bonds is 6. The second kappa shape index (κ2) is 8.00. The van der Waals surface area contributed by atoms with Gasteiger partial charge in [0.2, 0.25) is 22.7 Å². The zero-order valence-corrected chi connectivity index (χ0v) is 19.1. The summed E-state index contributed by atoms with van der Waals surface area (Å²) >= 11 is 0. The van der Waals surface area contributed by atoms with Crippen molar-refractivity contribution in [3.63, 3.8) is 0 Å². The number of nitrogens with zero attached hydrogens (tertiary/aromatic N) is 2. The molecule has 1 aliphatic heterocycles. The number of hydrogen-bond acceptors (Lipinski definition) is 5. The number of fused-ring (bicyclic) bond motifs is 4. The Morgan fingerprint density at radius 2 is 1.76 bits per heavy atom. The highest BCUT2D eigenvalue weighted by molar-refractivity contribution is 7.92. The Kier molecular flexibility index (Phi) is 5.13. The van der Waals surface area contributed by atoms with Crippen molar-refractivity contribution in [2.45, 2.75) is 13.5 Å². The van der Waals surface area contributed by atoms with Crippen molar-refractivity contribution in [2.75, 3.05) is 29.2 Å². The van der Waals surface area contributed by atoms with E-state index >= 15 is 0 Å². The lowest BCUT2D eigenvalue weighted by molar-refractivity contribution is -0.114. The minimum absolute atomic E-state index is 0.0784. The third-order valence-corrected chi connectivity index (χ3v) is 6.84. The minimum Gasteiger partial charge on any atom is -0.454 e. The van der Waals surface area contributed by atoms with Gasteiger partial charge in [-0.25, -0.2) is 8.42 Å². The molecule has 1 amide bonds. The highest BCUT2D eigenvalue weighted by Crippen LogP contribution is 2.36. The molecule has 0 atom stereocenters. The lowest BCUT2D eigenvalue weighted by atomic mass is 10.1. The van der Waals surface area contributed by atoms with Gasteiger partial charge < -0.3 is 19.4 Å². The number of ether oxygens (including phenoxy) is 2. The smallest absolute Gasteiger partial charge is 0.245 e. The predicted molar refractivity (Wildman–Crippen MR) is 129 cm³/mol. The average molecular weight is 466 g/mol. The first-order chi connectivity index (χ1) is 15.8. The van der Waals surface area contributed by atoms with E-state index in [0.717, 1.165) is 38.9 Å². The molecule has 8 nitrogen and oxygen atoms in total. The summed E-state index contributed by atoms with van der Waals surface area (Å²) in [6, 6.07) is 18.6. The van der Waals surface area contributed by atoms with Crippen LogP contribution in [-0.2, 0) is 21.4 Å². The van der Waals surface area contributed by atoms with Gasteiger partial charge in [0.1, 0.15) is 6.54 Å². The van der Waals surface area contributed by atoms with Crippen molar-refractivity contribution in [3.05, 3.63) is 60.7 Å². The Hall–Kier alpha value is -3.72. The molecule has 0 saturated heterocycles. The quantitative estimate of drug-likeness (QED) is 0.466. The molecule has 0 unspecified atom stereocenters. The summed E-state index contributed by atoms with van der Waals surface area (Å²) in [5.74, 6) is 0.534. The molecule has 1 aromatic heterocycles. The average Bonchev–Trinajstić information content (AvgIpc) is 3.38. The lowest BCUT2D eigenvalue weighted by Gasteiger charge is -2.22. The molecule has 1 N–H and O–H groups in total. The molecule has 0 fully saturated rings. The van der Waals surface area contributed by atoms with Gasteiger partial charge in [-0.2, -0.15) is 0 Å². The molecule has 3 aromatic carbocycles. The predicted octanol–water partition coefficient (Wildman–Crippen LogP) is 3.95. The largest absolute Gasteiger partial charge is 0.454 e. The molecule has 9 heteroatoms. The standard InChI is InChI=1S/C24H23N3O5S/c1-3-26-20-7-5-4-6-18(20)19-12-16(8-10-21(19)26)25-24(28)14-27(33(2,29)30)17-9-11-22-23(13-17)32-15-31-22/h4-13H,3,14-15H2,1-2H3,(H,25,28). The van der Waals surface area contributed by atoms with E-state index in [4.69, 9.17) is 9.47 Å². The Labute approximate surface area is 191 Å². The van der Waals surface area contributed by atoms with Crippen LogP contribution in [0.2, 0.25) is 0 Å². The van der Waals surface area contributed by atoms with Gasteiger partial charge in [0.05, 0.1) is 11.9 Å². The molecule has 5 rings (SSSR count). The molecule has 0 spiro atoms. The monoisotopic (exact) mass is 465 g/mol. The third-order valence-electron chi connectivity index (χ3n) is 5.70. The fourth-order valence-corrected chi connectivity index (χ4v) is 5.09. The number of hydrogen-bond donors (Lipinski definition) is 1. The molecular weight excluding hydrogens is 442 g/mol. The van der Waals surface area contributed by atoms with Crippen LogP contribution in [-0.4, -0.2) is 38.5 Å². The van der Waals surface area contributed by atoms with Crippen molar-refractivity contribution < 1.29 is 22.7 Å². The van der Waals surface area contributed by atoms with E-state index in [9.17, 15) is 13.2 Å². The Morgan fingerprint density at radius 3 is 2.55 bits per heavy atom. The first kappa shape index (κ1) is 21.1. The van der Waals surface area contributed by atoms with Crippen LogP contribution in [0.1, 0.15) is 6.92 Å². The number of aryl methyl sites for hydroxylation is 1. The van der Waals surface area contributed by atoms with Crippen LogP contribution in [0.5, 0.6) is 11.5 Å². The number of carbonyl (C=O) groups is 1. The van der Waals surface area contributed by atoms with E-state index in [0.29, 0.717) is 22.9 Å². The second-order valence-electron chi connectivity index (χ2n) is 7.85. The van der Waals surface area contributed by atoms with Crippen molar-refractivity contribution >= 4 is 49.1 Å². The summed E-state index contributed by atoms with van der Waals surface area (Å²) in [4.78, 5) is 12.9. The number of anilines is 2. The van der Waals surface area contributed by atoms with E-state index in [1.165, 1.54) is 0 Å². The highest BCUT2D eigenvalue weighted by atomic mass is 32.2. The zero-order chi connectivity index (χ0) is 23.2. The summed E-state index contributed by atoms with van der Waals surface area (Å²) in [7, 11) is -3.71. The van der Waals surface area contributed by atoms with Gasteiger partial charge in [-0.1, -0.05) is 18.2 Å². The van der Waals surface area contributed by atoms with Gasteiger partial charge in [0.15, 0.2) is 11.5 Å². The highest BCUT2D eigenvalue weighted by Gasteiger charge is 2.24. The summed E-state index contributed by atoms with van der Waals surface area (Å²) in [5, 5.41) is 4.97. The van der Waals surface area contributed by atoms with Gasteiger partial charge in [-0.3, -0.25) is 9.10 Å². The van der Waals surface area contributed by atoms with E-state index in [1.54, 1.807) is 18.2 Å². The van der Waals surface area contributed by atoms with E-state index < -0.39 is 15.9 Å². The number of nitrogens with one attached hydrogen (secondary N) is 1. The number of sulfonamides is 1. The van der Waals surface area contributed by atoms with Crippen LogP contribution in [0.15, 0.2) is 60.7 Å². The van der Waals surface area contributed by atoms with Crippen LogP contribution in [0.25, 0.3) is 21.8 Å². The van der Waals surface area contributed by atoms with E-state index in [2.05, 4.69) is 28.9 Å². The number of benzene rings is 3. The zero-order valence-electron chi connectivity index (χ0n) is 18.2. The molecule has 170 valence electrons. The van der Waals surface area contributed by atoms with Crippen LogP contribution in [0.4, 0.5) is 11.4 Å². The molecule has 0 aliphatic carbocycles. The number of amides is 1. The summed E-state index contributed by atoms with van der Waals surface area (Å²) in [5.41, 5.74) is 3.14. The lowest BCUT2D eigenvalue weighted by Crippen LogP contribution is -2.37. The topological polar surface area (TPSA) is 89.9 Å². The van der Waals surface area contributed by atoms with Gasteiger partial charge >= 0.3 is 0 Å². The maximum atomic E-state index is 12.9. The second-order valence-corrected chi connectivity index (χ2v) is 9.76. The van der Waals surface area contributed by atoms with Gasteiger partial charge in [0, 0.05) is 40.1 Å². The Morgan fingerprint density at radius 1 is 1.00 bits per heavy atom. The molecule has 0 saturated carbocycles.